The quantitative estimate of drug-likeness (QED) is 0.463. The lowest BCUT2D eigenvalue weighted by molar-refractivity contribution is -0.0521. The van der Waals surface area contributed by atoms with Gasteiger partial charge in [0.2, 0.25) is 6.79 Å². The Morgan fingerprint density at radius 2 is 2.07 bits per heavy atom. The topological polar surface area (TPSA) is 75.4 Å². The van der Waals surface area contributed by atoms with Crippen LogP contribution in [0.25, 0.3) is 0 Å². The van der Waals surface area contributed by atoms with Crippen molar-refractivity contribution in [2.24, 2.45) is 5.90 Å². The predicted octanol–water partition coefficient (Wildman–Crippen LogP) is 2.98. The van der Waals surface area contributed by atoms with Crippen LogP contribution in [0.4, 0.5) is 0 Å². The second-order valence-electron chi connectivity index (χ2n) is 7.52. The summed E-state index contributed by atoms with van der Waals surface area (Å²) >= 11 is 0. The van der Waals surface area contributed by atoms with Crippen molar-refractivity contribution < 1.29 is 23.8 Å². The summed E-state index contributed by atoms with van der Waals surface area (Å²) in [7, 11) is 5.35. The van der Waals surface area contributed by atoms with E-state index in [1.165, 1.54) is 5.57 Å². The Bertz CT molecular complexity index is 878. The van der Waals surface area contributed by atoms with Crippen molar-refractivity contribution in [1.29, 1.82) is 0 Å². The minimum Gasteiger partial charge on any atom is -0.493 e. The van der Waals surface area contributed by atoms with E-state index in [1.807, 2.05) is 12.1 Å². The Morgan fingerprint density at radius 3 is 2.76 bits per heavy atom. The van der Waals surface area contributed by atoms with Gasteiger partial charge in [-0.3, -0.25) is 9.74 Å². The third kappa shape index (κ3) is 2.92. The largest absolute Gasteiger partial charge is 0.493 e. The maximum atomic E-state index is 5.91. The molecule has 7 nitrogen and oxygen atoms in total. The molecule has 2 N–H and O–H groups in total. The standard InChI is InChI=1S/C22H28N2O5/c1-5-16(25-3)18(26-4)11-15-7-6-10-24(2)22(15)12-14-8-9-17-20(28-13-27-17)19(14)21(22)29-23/h5,8-9,11,21H,1,6-7,10,12-13,23H2,2-4H3/b15-11+,18-16-. The third-order valence-corrected chi connectivity index (χ3v) is 6.31. The minimum atomic E-state index is -0.444. The molecule has 29 heavy (non-hydrogen) atoms. The van der Waals surface area contributed by atoms with E-state index >= 15 is 0 Å². The first-order chi connectivity index (χ1) is 14.1. The molecule has 1 aromatic rings. The number of ether oxygens (including phenoxy) is 4. The number of nitrogens with two attached hydrogens (primary N) is 1. The first-order valence-electron chi connectivity index (χ1n) is 9.74. The number of hydrogen-bond donors (Lipinski definition) is 1. The molecule has 1 aliphatic carbocycles. The summed E-state index contributed by atoms with van der Waals surface area (Å²) in [6.07, 6.45) is 6.00. The SMILES string of the molecule is C=C/C(OC)=C(\C=C1/CCCN(C)C12Cc1ccc3c(c1C2ON)OCO3)OC. The molecule has 0 radical (unpaired) electrons. The van der Waals surface area contributed by atoms with Crippen molar-refractivity contribution in [3.63, 3.8) is 0 Å². The van der Waals surface area contributed by atoms with E-state index < -0.39 is 11.6 Å². The molecule has 2 heterocycles. The van der Waals surface area contributed by atoms with Crippen LogP contribution in [0.3, 0.4) is 0 Å². The van der Waals surface area contributed by atoms with Gasteiger partial charge in [0.25, 0.3) is 0 Å². The van der Waals surface area contributed by atoms with Crippen LogP contribution in [-0.4, -0.2) is 45.0 Å². The molecule has 1 fully saturated rings. The average Bonchev–Trinajstić information content (AvgIpc) is 3.33. The fourth-order valence-corrected chi connectivity index (χ4v) is 4.93. The van der Waals surface area contributed by atoms with Crippen LogP contribution in [0.2, 0.25) is 0 Å². The van der Waals surface area contributed by atoms with Crippen molar-refractivity contribution >= 4 is 0 Å². The number of rotatable bonds is 5. The number of nitrogens with zero attached hydrogens (tertiary/aromatic N) is 1. The van der Waals surface area contributed by atoms with E-state index in [0.29, 0.717) is 11.5 Å². The van der Waals surface area contributed by atoms with Gasteiger partial charge in [-0.2, -0.15) is 0 Å². The number of allylic oxidation sites excluding steroid dienone is 2. The van der Waals surface area contributed by atoms with Crippen LogP contribution in [0.15, 0.2) is 48.0 Å². The average molecular weight is 400 g/mol. The van der Waals surface area contributed by atoms with Crippen LogP contribution in [-0.2, 0) is 20.7 Å². The van der Waals surface area contributed by atoms with E-state index in [4.69, 9.17) is 29.7 Å². The summed E-state index contributed by atoms with van der Waals surface area (Å²) in [5.74, 6) is 8.60. The summed E-state index contributed by atoms with van der Waals surface area (Å²) in [5, 5.41) is 0. The lowest BCUT2D eigenvalue weighted by Gasteiger charge is -2.48. The van der Waals surface area contributed by atoms with E-state index in [0.717, 1.165) is 48.4 Å². The minimum absolute atomic E-state index is 0.210. The van der Waals surface area contributed by atoms with Crippen molar-refractivity contribution in [2.75, 3.05) is 34.6 Å². The molecular formula is C22H28N2O5. The van der Waals surface area contributed by atoms with Crippen LogP contribution >= 0.6 is 0 Å². The van der Waals surface area contributed by atoms with E-state index in [9.17, 15) is 0 Å². The molecule has 0 aromatic heterocycles. The number of benzene rings is 1. The molecule has 2 atom stereocenters. The van der Waals surface area contributed by atoms with E-state index in [1.54, 1.807) is 20.3 Å². The van der Waals surface area contributed by atoms with Crippen molar-refractivity contribution in [3.8, 4) is 11.5 Å². The molecule has 0 saturated carbocycles. The monoisotopic (exact) mass is 400 g/mol. The summed E-state index contributed by atoms with van der Waals surface area (Å²) < 4.78 is 22.4. The highest BCUT2D eigenvalue weighted by Gasteiger charge is 2.55. The maximum Gasteiger partial charge on any atom is 0.231 e. The predicted molar refractivity (Wildman–Crippen MR) is 108 cm³/mol. The van der Waals surface area contributed by atoms with Gasteiger partial charge in [0.1, 0.15) is 6.10 Å². The summed E-state index contributed by atoms with van der Waals surface area (Å²) in [4.78, 5) is 7.99. The van der Waals surface area contributed by atoms with Crippen LogP contribution in [0.1, 0.15) is 30.1 Å². The second-order valence-corrected chi connectivity index (χ2v) is 7.52. The zero-order valence-corrected chi connectivity index (χ0v) is 17.2. The smallest absolute Gasteiger partial charge is 0.231 e. The number of hydrogen-bond acceptors (Lipinski definition) is 7. The number of likely N-dealkylation sites (N-methyl/N-ethyl adjacent to an activating group) is 1. The Morgan fingerprint density at radius 1 is 1.28 bits per heavy atom. The van der Waals surface area contributed by atoms with Crippen molar-refractivity contribution in [2.45, 2.75) is 30.9 Å². The molecule has 3 aliphatic rings. The molecule has 2 aliphatic heterocycles. The molecule has 0 amide bonds. The highest BCUT2D eigenvalue weighted by molar-refractivity contribution is 5.59. The number of likely N-dealkylation sites (tertiary alicyclic amines) is 1. The maximum absolute atomic E-state index is 5.91. The second kappa shape index (κ2) is 7.74. The van der Waals surface area contributed by atoms with Gasteiger partial charge in [0, 0.05) is 5.56 Å². The molecule has 4 rings (SSSR count). The molecular weight excluding hydrogens is 372 g/mol. The van der Waals surface area contributed by atoms with Gasteiger partial charge in [-0.15, -0.1) is 0 Å². The van der Waals surface area contributed by atoms with Crippen LogP contribution < -0.4 is 15.4 Å². The Hall–Kier alpha value is -2.48. The first kappa shape index (κ1) is 19.8. The highest BCUT2D eigenvalue weighted by Crippen LogP contribution is 2.56. The van der Waals surface area contributed by atoms with Crippen molar-refractivity contribution in [1.82, 2.24) is 4.90 Å². The normalized spacial score (nSPS) is 27.7. The van der Waals surface area contributed by atoms with E-state index in [2.05, 4.69) is 24.6 Å². The third-order valence-electron chi connectivity index (χ3n) is 6.31. The zero-order chi connectivity index (χ0) is 20.6. The molecule has 1 aromatic carbocycles. The van der Waals surface area contributed by atoms with Crippen LogP contribution in [0, 0.1) is 0 Å². The summed E-state index contributed by atoms with van der Waals surface area (Å²) in [5.41, 5.74) is 2.86. The van der Waals surface area contributed by atoms with Crippen LogP contribution in [0.5, 0.6) is 11.5 Å². The van der Waals surface area contributed by atoms with Gasteiger partial charge < -0.3 is 18.9 Å². The first-order valence-corrected chi connectivity index (χ1v) is 9.74. The summed E-state index contributed by atoms with van der Waals surface area (Å²) in [6.45, 7) is 4.97. The van der Waals surface area contributed by atoms with Gasteiger partial charge in [-0.25, -0.2) is 5.90 Å². The number of piperidine rings is 1. The van der Waals surface area contributed by atoms with Gasteiger partial charge in [-0.1, -0.05) is 12.6 Å². The lowest BCUT2D eigenvalue weighted by atomic mass is 9.77. The fraction of sp³-hybridized carbons (Fsp3) is 0.455. The summed E-state index contributed by atoms with van der Waals surface area (Å²) in [6, 6.07) is 4.04. The Labute approximate surface area is 171 Å². The van der Waals surface area contributed by atoms with Gasteiger partial charge in [0.15, 0.2) is 23.0 Å². The lowest BCUT2D eigenvalue weighted by Crippen LogP contribution is -2.55. The molecule has 2 unspecified atom stereocenters. The van der Waals surface area contributed by atoms with E-state index in [-0.39, 0.29) is 6.79 Å². The Balaban J connectivity index is 1.88. The fourth-order valence-electron chi connectivity index (χ4n) is 4.93. The van der Waals surface area contributed by atoms with Gasteiger partial charge in [0.05, 0.1) is 19.8 Å². The van der Waals surface area contributed by atoms with Gasteiger partial charge >= 0.3 is 0 Å². The molecule has 156 valence electrons. The Kier molecular flexibility index (Phi) is 5.29. The van der Waals surface area contributed by atoms with Crippen molar-refractivity contribution in [3.05, 3.63) is 59.1 Å². The number of fused-ring (bicyclic) bond motifs is 3. The molecule has 1 spiro atoms. The molecule has 1 saturated heterocycles. The van der Waals surface area contributed by atoms with Gasteiger partial charge in [-0.05, 0) is 62.2 Å². The molecule has 0 bridgehead atoms. The highest BCUT2D eigenvalue weighted by atomic mass is 16.7. The zero-order valence-electron chi connectivity index (χ0n) is 17.2. The molecule has 7 heteroatoms. The number of methoxy groups -OCH3 is 2.